The van der Waals surface area contributed by atoms with Gasteiger partial charge in [0.15, 0.2) is 5.82 Å². The van der Waals surface area contributed by atoms with Crippen molar-refractivity contribution >= 4 is 35.1 Å². The number of thioether (sulfide) groups is 1. The fourth-order valence-corrected chi connectivity index (χ4v) is 3.07. The molecule has 10 heteroatoms. The van der Waals surface area contributed by atoms with Gasteiger partial charge in [-0.1, -0.05) is 23.4 Å². The summed E-state index contributed by atoms with van der Waals surface area (Å²) in [5.41, 5.74) is 1.62. The Hall–Kier alpha value is -3.14. The van der Waals surface area contributed by atoms with E-state index < -0.39 is 5.25 Å². The van der Waals surface area contributed by atoms with Crippen molar-refractivity contribution < 1.29 is 14.1 Å². The number of aryl methyl sites for hydroxylation is 1. The number of amides is 2. The predicted molar refractivity (Wildman–Crippen MR) is 106 cm³/mol. The Morgan fingerprint density at radius 2 is 2.11 bits per heavy atom. The van der Waals surface area contributed by atoms with Crippen molar-refractivity contribution in [3.8, 4) is 0 Å². The SMILES string of the molecule is Cc1cc(NC(=O)C(C)SCC(=O)Nc2ccccc2Cn2cncn2)no1. The highest BCUT2D eigenvalue weighted by Crippen LogP contribution is 2.18. The molecule has 146 valence electrons. The van der Waals surface area contributed by atoms with Crippen LogP contribution >= 0.6 is 11.8 Å². The molecule has 2 heterocycles. The highest BCUT2D eigenvalue weighted by Gasteiger charge is 2.17. The smallest absolute Gasteiger partial charge is 0.238 e. The average molecular weight is 400 g/mol. The molecule has 2 amide bonds. The zero-order valence-electron chi connectivity index (χ0n) is 15.5. The summed E-state index contributed by atoms with van der Waals surface area (Å²) in [6.45, 7) is 3.98. The molecule has 9 nitrogen and oxygen atoms in total. The summed E-state index contributed by atoms with van der Waals surface area (Å²) in [4.78, 5) is 28.4. The molecule has 0 fully saturated rings. The first-order chi connectivity index (χ1) is 13.5. The maximum Gasteiger partial charge on any atom is 0.238 e. The Morgan fingerprint density at radius 3 is 2.82 bits per heavy atom. The van der Waals surface area contributed by atoms with Crippen LogP contribution in [0.4, 0.5) is 11.5 Å². The van der Waals surface area contributed by atoms with Crippen LogP contribution in [-0.2, 0) is 16.1 Å². The van der Waals surface area contributed by atoms with Gasteiger partial charge >= 0.3 is 0 Å². The van der Waals surface area contributed by atoms with E-state index in [9.17, 15) is 9.59 Å². The number of anilines is 2. The Balaban J connectivity index is 1.51. The summed E-state index contributed by atoms with van der Waals surface area (Å²) in [5.74, 6) is 0.691. The van der Waals surface area contributed by atoms with Crippen LogP contribution in [0.3, 0.4) is 0 Å². The molecule has 1 aromatic carbocycles. The molecule has 0 bridgehead atoms. The number of aromatic nitrogens is 4. The van der Waals surface area contributed by atoms with E-state index in [1.807, 2.05) is 24.3 Å². The maximum absolute atomic E-state index is 12.3. The van der Waals surface area contributed by atoms with Crippen LogP contribution in [0, 0.1) is 6.92 Å². The lowest BCUT2D eigenvalue weighted by Gasteiger charge is -2.13. The van der Waals surface area contributed by atoms with E-state index in [2.05, 4.69) is 25.9 Å². The van der Waals surface area contributed by atoms with Gasteiger partial charge in [0, 0.05) is 11.8 Å². The minimum atomic E-state index is -0.423. The first kappa shape index (κ1) is 19.6. The van der Waals surface area contributed by atoms with Gasteiger partial charge < -0.3 is 15.2 Å². The van der Waals surface area contributed by atoms with E-state index in [-0.39, 0.29) is 17.6 Å². The molecule has 3 rings (SSSR count). The van der Waals surface area contributed by atoms with Crippen molar-refractivity contribution in [2.24, 2.45) is 0 Å². The minimum absolute atomic E-state index is 0.143. The van der Waals surface area contributed by atoms with Gasteiger partial charge in [-0.2, -0.15) is 5.10 Å². The van der Waals surface area contributed by atoms with E-state index in [4.69, 9.17) is 4.52 Å². The van der Waals surface area contributed by atoms with Crippen LogP contribution in [0.1, 0.15) is 18.2 Å². The number of hydrogen-bond donors (Lipinski definition) is 2. The Labute approximate surface area is 165 Å². The third kappa shape index (κ3) is 5.43. The van der Waals surface area contributed by atoms with E-state index in [0.717, 1.165) is 5.56 Å². The molecular weight excluding hydrogens is 380 g/mol. The molecule has 0 radical (unpaired) electrons. The zero-order valence-corrected chi connectivity index (χ0v) is 16.3. The zero-order chi connectivity index (χ0) is 19.9. The Morgan fingerprint density at radius 1 is 1.29 bits per heavy atom. The topological polar surface area (TPSA) is 115 Å². The summed E-state index contributed by atoms with van der Waals surface area (Å²) in [5, 5.41) is 12.9. The molecule has 28 heavy (non-hydrogen) atoms. The summed E-state index contributed by atoms with van der Waals surface area (Å²) in [6, 6.07) is 9.13. The monoisotopic (exact) mass is 400 g/mol. The molecular formula is C18H20N6O3S. The standard InChI is InChI=1S/C18H20N6O3S/c1-12-7-16(23-27-12)22-18(26)13(2)28-9-17(25)21-15-6-4-3-5-14(15)8-24-11-19-10-20-24/h3-7,10-11,13H,8-9H2,1-2H3,(H,21,25)(H,22,23,26). The lowest BCUT2D eigenvalue weighted by Crippen LogP contribution is -2.25. The Kier molecular flexibility index (Phi) is 6.43. The molecule has 1 unspecified atom stereocenters. The third-order valence-corrected chi connectivity index (χ3v) is 4.95. The first-order valence-electron chi connectivity index (χ1n) is 8.57. The average Bonchev–Trinajstić information content (AvgIpc) is 3.33. The second-order valence-electron chi connectivity index (χ2n) is 6.06. The van der Waals surface area contributed by atoms with Crippen molar-refractivity contribution in [3.63, 3.8) is 0 Å². The summed E-state index contributed by atoms with van der Waals surface area (Å²) in [6.07, 6.45) is 3.08. The lowest BCUT2D eigenvalue weighted by molar-refractivity contribution is -0.115. The molecule has 0 saturated carbocycles. The van der Waals surface area contributed by atoms with Crippen molar-refractivity contribution in [2.75, 3.05) is 16.4 Å². The number of nitrogens with zero attached hydrogens (tertiary/aromatic N) is 4. The predicted octanol–water partition coefficient (Wildman–Crippen LogP) is 2.32. The summed E-state index contributed by atoms with van der Waals surface area (Å²) >= 11 is 1.24. The third-order valence-electron chi connectivity index (χ3n) is 3.80. The van der Waals surface area contributed by atoms with Crippen LogP contribution in [0.5, 0.6) is 0 Å². The molecule has 3 aromatic rings. The van der Waals surface area contributed by atoms with Gasteiger partial charge in [-0.05, 0) is 25.5 Å². The molecule has 0 saturated heterocycles. The van der Waals surface area contributed by atoms with Gasteiger partial charge in [0.2, 0.25) is 11.8 Å². The second-order valence-corrected chi connectivity index (χ2v) is 7.39. The van der Waals surface area contributed by atoms with Crippen molar-refractivity contribution in [2.45, 2.75) is 25.6 Å². The molecule has 2 aromatic heterocycles. The first-order valence-corrected chi connectivity index (χ1v) is 9.62. The van der Waals surface area contributed by atoms with Gasteiger partial charge in [-0.15, -0.1) is 11.8 Å². The van der Waals surface area contributed by atoms with Crippen LogP contribution in [0.25, 0.3) is 0 Å². The van der Waals surface area contributed by atoms with Gasteiger partial charge in [-0.25, -0.2) is 9.67 Å². The van der Waals surface area contributed by atoms with E-state index >= 15 is 0 Å². The molecule has 0 aliphatic heterocycles. The van der Waals surface area contributed by atoms with Crippen molar-refractivity contribution in [3.05, 3.63) is 54.3 Å². The second kappa shape index (κ2) is 9.18. The van der Waals surface area contributed by atoms with E-state index in [1.54, 1.807) is 30.9 Å². The highest BCUT2D eigenvalue weighted by atomic mass is 32.2. The van der Waals surface area contributed by atoms with Gasteiger partial charge in [-0.3, -0.25) is 9.59 Å². The molecule has 0 aliphatic rings. The van der Waals surface area contributed by atoms with Gasteiger partial charge in [0.1, 0.15) is 18.4 Å². The van der Waals surface area contributed by atoms with E-state index in [0.29, 0.717) is 23.8 Å². The minimum Gasteiger partial charge on any atom is -0.360 e. The van der Waals surface area contributed by atoms with Crippen molar-refractivity contribution in [1.82, 2.24) is 19.9 Å². The number of nitrogens with one attached hydrogen (secondary N) is 2. The van der Waals surface area contributed by atoms with Crippen LogP contribution < -0.4 is 10.6 Å². The van der Waals surface area contributed by atoms with Crippen LogP contribution in [0.2, 0.25) is 0 Å². The molecule has 0 spiro atoms. The quantitative estimate of drug-likeness (QED) is 0.596. The number of para-hydroxylation sites is 1. The maximum atomic E-state index is 12.3. The molecule has 2 N–H and O–H groups in total. The van der Waals surface area contributed by atoms with Crippen LogP contribution in [0.15, 0.2) is 47.5 Å². The van der Waals surface area contributed by atoms with Gasteiger partial charge in [0.25, 0.3) is 0 Å². The number of hydrogen-bond acceptors (Lipinski definition) is 7. The Bertz CT molecular complexity index is 940. The number of benzene rings is 1. The fraction of sp³-hybridized carbons (Fsp3) is 0.278. The van der Waals surface area contributed by atoms with Crippen LogP contribution in [-0.4, -0.2) is 42.7 Å². The fourth-order valence-electron chi connectivity index (χ4n) is 2.38. The molecule has 1 atom stereocenters. The number of carbonyl (C=O) groups excluding carboxylic acids is 2. The summed E-state index contributed by atoms with van der Waals surface area (Å²) < 4.78 is 6.59. The normalized spacial score (nSPS) is 11.8. The molecule has 0 aliphatic carbocycles. The highest BCUT2D eigenvalue weighted by molar-refractivity contribution is 8.01. The van der Waals surface area contributed by atoms with E-state index in [1.165, 1.54) is 18.1 Å². The number of carbonyl (C=O) groups is 2. The number of rotatable bonds is 8. The lowest BCUT2D eigenvalue weighted by atomic mass is 10.2. The largest absolute Gasteiger partial charge is 0.360 e. The van der Waals surface area contributed by atoms with Gasteiger partial charge in [0.05, 0.1) is 17.5 Å². The summed E-state index contributed by atoms with van der Waals surface area (Å²) in [7, 11) is 0. The van der Waals surface area contributed by atoms with Crippen molar-refractivity contribution in [1.29, 1.82) is 0 Å².